The summed E-state index contributed by atoms with van der Waals surface area (Å²) in [7, 11) is 0. The van der Waals surface area contributed by atoms with Gasteiger partial charge >= 0.3 is 6.03 Å². The number of carbonyl (C=O) groups excluding carboxylic acids is 1. The van der Waals surface area contributed by atoms with E-state index in [9.17, 15) is 4.79 Å². The molecule has 25 heavy (non-hydrogen) atoms. The molecule has 0 aliphatic carbocycles. The van der Waals surface area contributed by atoms with Gasteiger partial charge in [-0.1, -0.05) is 30.3 Å². The summed E-state index contributed by atoms with van der Waals surface area (Å²) in [5, 5.41) is 5.18. The van der Waals surface area contributed by atoms with Crippen molar-refractivity contribution in [2.45, 2.75) is 19.0 Å². The summed E-state index contributed by atoms with van der Waals surface area (Å²) >= 11 is 1.78. The number of fused-ring (bicyclic) bond motifs is 1. The van der Waals surface area contributed by atoms with Crippen LogP contribution in [0.15, 0.2) is 66.3 Å². The van der Waals surface area contributed by atoms with E-state index in [1.54, 1.807) is 23.7 Å². The number of pyridine rings is 1. The Labute approximate surface area is 151 Å². The van der Waals surface area contributed by atoms with E-state index in [0.29, 0.717) is 6.54 Å². The first-order valence-electron chi connectivity index (χ1n) is 8.37. The predicted octanol–water partition coefficient (Wildman–Crippen LogP) is 4.00. The number of thiophene rings is 1. The molecule has 1 atom stereocenters. The monoisotopic (exact) mass is 349 g/mol. The van der Waals surface area contributed by atoms with E-state index < -0.39 is 0 Å². The van der Waals surface area contributed by atoms with Gasteiger partial charge in [-0.3, -0.25) is 4.98 Å². The number of amides is 2. The van der Waals surface area contributed by atoms with Crippen molar-refractivity contribution in [2.75, 3.05) is 6.54 Å². The second kappa shape index (κ2) is 7.07. The van der Waals surface area contributed by atoms with E-state index in [-0.39, 0.29) is 12.1 Å². The van der Waals surface area contributed by atoms with Crippen molar-refractivity contribution in [1.82, 2.24) is 15.2 Å². The summed E-state index contributed by atoms with van der Waals surface area (Å²) < 4.78 is 0. The van der Waals surface area contributed by atoms with Gasteiger partial charge in [0.05, 0.1) is 6.04 Å². The maximum atomic E-state index is 12.9. The molecule has 2 amide bonds. The van der Waals surface area contributed by atoms with Gasteiger partial charge in [0.25, 0.3) is 0 Å². The van der Waals surface area contributed by atoms with Gasteiger partial charge in [0.2, 0.25) is 0 Å². The summed E-state index contributed by atoms with van der Waals surface area (Å²) in [5.41, 5.74) is 3.45. The van der Waals surface area contributed by atoms with Gasteiger partial charge in [0.15, 0.2) is 0 Å². The zero-order valence-corrected chi connectivity index (χ0v) is 14.6. The van der Waals surface area contributed by atoms with Crippen molar-refractivity contribution in [3.05, 3.63) is 87.9 Å². The number of rotatable bonds is 3. The molecule has 0 unspecified atom stereocenters. The Kier molecular flexibility index (Phi) is 4.48. The Balaban J connectivity index is 1.58. The average molecular weight is 349 g/mol. The summed E-state index contributed by atoms with van der Waals surface area (Å²) in [6.45, 7) is 1.24. The zero-order valence-electron chi connectivity index (χ0n) is 13.8. The number of nitrogens with zero attached hydrogens (tertiary/aromatic N) is 2. The zero-order chi connectivity index (χ0) is 17.1. The number of urea groups is 1. The Morgan fingerprint density at radius 2 is 1.96 bits per heavy atom. The first kappa shape index (κ1) is 15.8. The molecule has 2 aromatic heterocycles. The van der Waals surface area contributed by atoms with E-state index in [4.69, 9.17) is 0 Å². The molecule has 0 fully saturated rings. The third-order valence-corrected chi connectivity index (χ3v) is 5.53. The highest BCUT2D eigenvalue weighted by atomic mass is 32.1. The lowest BCUT2D eigenvalue weighted by Gasteiger charge is -2.36. The fourth-order valence-corrected chi connectivity index (χ4v) is 4.21. The molecular formula is C20H19N3OS. The number of carbonyl (C=O) groups is 1. The second-order valence-electron chi connectivity index (χ2n) is 6.07. The molecule has 126 valence electrons. The molecule has 1 aliphatic rings. The lowest BCUT2D eigenvalue weighted by atomic mass is 9.93. The highest BCUT2D eigenvalue weighted by Gasteiger charge is 2.32. The molecule has 3 heterocycles. The van der Waals surface area contributed by atoms with Gasteiger partial charge in [-0.25, -0.2) is 4.79 Å². The minimum absolute atomic E-state index is 0.0198. The Bertz CT molecular complexity index is 848. The van der Waals surface area contributed by atoms with E-state index in [0.717, 1.165) is 24.1 Å². The summed E-state index contributed by atoms with van der Waals surface area (Å²) in [4.78, 5) is 20.2. The third kappa shape index (κ3) is 3.28. The standard InChI is InChI=1S/C20H19N3OS/c24-20(22-14-15-6-10-21-11-7-15)23-12-8-18-17(9-13-25-18)19(23)16-4-2-1-3-5-16/h1-7,9-11,13,19H,8,12,14H2,(H,22,24)/t19-/m1/s1. The summed E-state index contributed by atoms with van der Waals surface area (Å²) in [6, 6.07) is 16.2. The molecule has 1 aliphatic heterocycles. The van der Waals surface area contributed by atoms with Crippen molar-refractivity contribution >= 4 is 17.4 Å². The Morgan fingerprint density at radius 3 is 2.76 bits per heavy atom. The number of benzene rings is 1. The highest BCUT2D eigenvalue weighted by molar-refractivity contribution is 7.10. The fraction of sp³-hybridized carbons (Fsp3) is 0.200. The molecule has 0 spiro atoms. The van der Waals surface area contributed by atoms with E-state index in [2.05, 4.69) is 33.9 Å². The van der Waals surface area contributed by atoms with Crippen LogP contribution in [0.2, 0.25) is 0 Å². The molecule has 5 heteroatoms. The molecule has 1 aromatic carbocycles. The highest BCUT2D eigenvalue weighted by Crippen LogP contribution is 2.37. The lowest BCUT2D eigenvalue weighted by molar-refractivity contribution is 0.180. The van der Waals surface area contributed by atoms with Crippen LogP contribution in [0.25, 0.3) is 0 Å². The first-order valence-corrected chi connectivity index (χ1v) is 9.25. The quantitative estimate of drug-likeness (QED) is 0.777. The SMILES string of the molecule is O=C(NCc1ccncc1)N1CCc2sccc2[C@H]1c1ccccc1. The number of nitrogens with one attached hydrogen (secondary N) is 1. The summed E-state index contributed by atoms with van der Waals surface area (Å²) in [6.07, 6.45) is 4.40. The van der Waals surface area contributed by atoms with Crippen LogP contribution in [-0.4, -0.2) is 22.5 Å². The maximum absolute atomic E-state index is 12.9. The maximum Gasteiger partial charge on any atom is 0.318 e. The molecule has 0 saturated carbocycles. The van der Waals surface area contributed by atoms with Crippen LogP contribution >= 0.6 is 11.3 Å². The molecule has 4 nitrogen and oxygen atoms in total. The summed E-state index contributed by atoms with van der Waals surface area (Å²) in [5.74, 6) is 0. The largest absolute Gasteiger partial charge is 0.334 e. The van der Waals surface area contributed by atoms with Crippen molar-refractivity contribution in [1.29, 1.82) is 0 Å². The van der Waals surface area contributed by atoms with Gasteiger partial charge in [0, 0.05) is 30.4 Å². The van der Waals surface area contributed by atoms with Crippen LogP contribution in [0, 0.1) is 0 Å². The Morgan fingerprint density at radius 1 is 1.16 bits per heavy atom. The second-order valence-corrected chi connectivity index (χ2v) is 7.07. The van der Waals surface area contributed by atoms with Gasteiger partial charge in [0.1, 0.15) is 0 Å². The van der Waals surface area contributed by atoms with Gasteiger partial charge in [-0.15, -0.1) is 11.3 Å². The normalized spacial score (nSPS) is 16.3. The number of hydrogen-bond donors (Lipinski definition) is 1. The van der Waals surface area contributed by atoms with Gasteiger partial charge in [-0.2, -0.15) is 0 Å². The molecule has 0 radical (unpaired) electrons. The molecule has 3 aromatic rings. The minimum Gasteiger partial charge on any atom is -0.334 e. The van der Waals surface area contributed by atoms with E-state index >= 15 is 0 Å². The fourth-order valence-electron chi connectivity index (χ4n) is 3.31. The van der Waals surface area contributed by atoms with Gasteiger partial charge < -0.3 is 10.2 Å². The number of aromatic nitrogens is 1. The van der Waals surface area contributed by atoms with Crippen molar-refractivity contribution in [3.8, 4) is 0 Å². The van der Waals surface area contributed by atoms with Crippen molar-refractivity contribution in [2.24, 2.45) is 0 Å². The van der Waals surface area contributed by atoms with E-state index in [1.807, 2.05) is 35.2 Å². The first-order chi connectivity index (χ1) is 12.3. The third-order valence-electron chi connectivity index (χ3n) is 4.54. The molecule has 0 bridgehead atoms. The van der Waals surface area contributed by atoms with Crippen LogP contribution in [0.3, 0.4) is 0 Å². The van der Waals surface area contributed by atoms with Crippen LogP contribution in [0.4, 0.5) is 4.79 Å². The lowest BCUT2D eigenvalue weighted by Crippen LogP contribution is -2.45. The molecule has 0 saturated heterocycles. The smallest absolute Gasteiger partial charge is 0.318 e. The van der Waals surface area contributed by atoms with Crippen molar-refractivity contribution in [3.63, 3.8) is 0 Å². The molecule has 1 N–H and O–H groups in total. The van der Waals surface area contributed by atoms with Crippen LogP contribution in [0.1, 0.15) is 27.6 Å². The minimum atomic E-state index is -0.0254. The number of hydrogen-bond acceptors (Lipinski definition) is 3. The van der Waals surface area contributed by atoms with Crippen molar-refractivity contribution < 1.29 is 4.79 Å². The topological polar surface area (TPSA) is 45.2 Å². The van der Waals surface area contributed by atoms with Crippen LogP contribution in [-0.2, 0) is 13.0 Å². The predicted molar refractivity (Wildman–Crippen MR) is 99.5 cm³/mol. The van der Waals surface area contributed by atoms with Crippen LogP contribution < -0.4 is 5.32 Å². The average Bonchev–Trinajstić information content (AvgIpc) is 3.15. The van der Waals surface area contributed by atoms with Gasteiger partial charge in [-0.05, 0) is 46.7 Å². The molecular weight excluding hydrogens is 330 g/mol. The van der Waals surface area contributed by atoms with E-state index in [1.165, 1.54) is 10.4 Å². The molecule has 4 rings (SSSR count). The van der Waals surface area contributed by atoms with Crippen LogP contribution in [0.5, 0.6) is 0 Å². The Hall–Kier alpha value is -2.66.